The van der Waals surface area contributed by atoms with Crippen LogP contribution in [0.1, 0.15) is 29.6 Å². The normalized spacial score (nSPS) is 15.6. The SMILES string of the molecule is COCCCNC(=O)[C@H](NC(=O)c1ccccc1)C1CCN(C(=O)COC)CC1. The van der Waals surface area contributed by atoms with Crippen LogP contribution in [0.25, 0.3) is 0 Å². The van der Waals surface area contributed by atoms with E-state index in [2.05, 4.69) is 10.6 Å². The Balaban J connectivity index is 2.01. The van der Waals surface area contributed by atoms with Crippen molar-refractivity contribution in [3.05, 3.63) is 35.9 Å². The number of likely N-dealkylation sites (tertiary alicyclic amines) is 1. The van der Waals surface area contributed by atoms with Crippen LogP contribution in [0.3, 0.4) is 0 Å². The standard InChI is InChI=1S/C21H31N3O5/c1-28-14-6-11-22-21(27)19(23-20(26)17-7-4-3-5-8-17)16-9-12-24(13-10-16)18(25)15-29-2/h3-5,7-8,16,19H,6,9-15H2,1-2H3,(H,22,27)(H,23,26)/t19-/m1/s1. The van der Waals surface area contributed by atoms with Gasteiger partial charge in [-0.2, -0.15) is 0 Å². The highest BCUT2D eigenvalue weighted by atomic mass is 16.5. The van der Waals surface area contributed by atoms with Gasteiger partial charge in [-0.25, -0.2) is 0 Å². The first kappa shape index (κ1) is 22.8. The molecule has 160 valence electrons. The minimum absolute atomic E-state index is 0.0447. The molecule has 0 saturated carbocycles. The summed E-state index contributed by atoms with van der Waals surface area (Å²) in [6.45, 7) is 2.18. The Hall–Kier alpha value is -2.45. The van der Waals surface area contributed by atoms with Crippen molar-refractivity contribution in [3.8, 4) is 0 Å². The minimum atomic E-state index is -0.648. The molecule has 29 heavy (non-hydrogen) atoms. The van der Waals surface area contributed by atoms with Gasteiger partial charge in [-0.05, 0) is 37.3 Å². The summed E-state index contributed by atoms with van der Waals surface area (Å²) in [7, 11) is 3.11. The lowest BCUT2D eigenvalue weighted by atomic mass is 9.88. The number of benzene rings is 1. The van der Waals surface area contributed by atoms with Crippen LogP contribution in [-0.2, 0) is 19.1 Å². The van der Waals surface area contributed by atoms with Crippen LogP contribution in [-0.4, -0.2) is 75.7 Å². The fourth-order valence-electron chi connectivity index (χ4n) is 3.45. The molecule has 2 N–H and O–H groups in total. The summed E-state index contributed by atoms with van der Waals surface area (Å²) in [5.74, 6) is -0.580. The maximum absolute atomic E-state index is 12.8. The number of nitrogens with zero attached hydrogens (tertiary/aromatic N) is 1. The first-order chi connectivity index (χ1) is 14.1. The lowest BCUT2D eigenvalue weighted by molar-refractivity contribution is -0.136. The molecule has 0 radical (unpaired) electrons. The van der Waals surface area contributed by atoms with Gasteiger partial charge < -0.3 is 25.0 Å². The monoisotopic (exact) mass is 405 g/mol. The average Bonchev–Trinajstić information content (AvgIpc) is 2.75. The molecule has 1 saturated heterocycles. The van der Waals surface area contributed by atoms with Crippen LogP contribution in [0.5, 0.6) is 0 Å². The van der Waals surface area contributed by atoms with Gasteiger partial charge in [0.2, 0.25) is 11.8 Å². The van der Waals surface area contributed by atoms with Crippen LogP contribution >= 0.6 is 0 Å². The Morgan fingerprint density at radius 3 is 2.41 bits per heavy atom. The Morgan fingerprint density at radius 1 is 1.10 bits per heavy atom. The van der Waals surface area contributed by atoms with E-state index in [0.717, 1.165) is 0 Å². The first-order valence-corrected chi connectivity index (χ1v) is 9.96. The Bertz CT molecular complexity index is 660. The van der Waals surface area contributed by atoms with Crippen LogP contribution in [0, 0.1) is 5.92 Å². The van der Waals surface area contributed by atoms with Crippen molar-refractivity contribution >= 4 is 17.7 Å². The van der Waals surface area contributed by atoms with E-state index in [1.807, 2.05) is 6.07 Å². The molecule has 1 aliphatic heterocycles. The van der Waals surface area contributed by atoms with E-state index in [0.29, 0.717) is 51.1 Å². The third kappa shape index (κ3) is 7.14. The molecule has 8 nitrogen and oxygen atoms in total. The molecule has 1 aliphatic rings. The van der Waals surface area contributed by atoms with Gasteiger partial charge in [-0.3, -0.25) is 14.4 Å². The predicted octanol–water partition coefficient (Wildman–Crippen LogP) is 0.823. The fraction of sp³-hybridized carbons (Fsp3) is 0.571. The molecule has 1 aromatic carbocycles. The van der Waals surface area contributed by atoms with E-state index in [1.165, 1.54) is 7.11 Å². The third-order valence-corrected chi connectivity index (χ3v) is 5.06. The van der Waals surface area contributed by atoms with E-state index in [-0.39, 0.29) is 30.2 Å². The number of ether oxygens (including phenoxy) is 2. The molecule has 8 heteroatoms. The predicted molar refractivity (Wildman–Crippen MR) is 108 cm³/mol. The zero-order valence-electron chi connectivity index (χ0n) is 17.2. The van der Waals surface area contributed by atoms with Crippen molar-refractivity contribution < 1.29 is 23.9 Å². The minimum Gasteiger partial charge on any atom is -0.385 e. The molecule has 3 amide bonds. The number of nitrogens with one attached hydrogen (secondary N) is 2. The molecule has 0 bridgehead atoms. The van der Waals surface area contributed by atoms with Gasteiger partial charge in [-0.15, -0.1) is 0 Å². The molecule has 0 unspecified atom stereocenters. The van der Waals surface area contributed by atoms with Gasteiger partial charge in [0.05, 0.1) is 0 Å². The quantitative estimate of drug-likeness (QED) is 0.562. The van der Waals surface area contributed by atoms with Gasteiger partial charge in [0.1, 0.15) is 12.6 Å². The van der Waals surface area contributed by atoms with E-state index in [1.54, 1.807) is 36.3 Å². The number of hydrogen-bond donors (Lipinski definition) is 2. The molecule has 1 fully saturated rings. The summed E-state index contributed by atoms with van der Waals surface area (Å²) in [6, 6.07) is 8.20. The topological polar surface area (TPSA) is 97.0 Å². The number of amides is 3. The summed E-state index contributed by atoms with van der Waals surface area (Å²) in [6.07, 6.45) is 1.98. The Kier molecular flexibility index (Phi) is 9.59. The van der Waals surface area contributed by atoms with Gasteiger partial charge in [-0.1, -0.05) is 18.2 Å². The summed E-state index contributed by atoms with van der Waals surface area (Å²) >= 11 is 0. The molecule has 0 aliphatic carbocycles. The molecule has 0 aromatic heterocycles. The van der Waals surface area contributed by atoms with Crippen LogP contribution in [0.2, 0.25) is 0 Å². The number of carbonyl (C=O) groups is 3. The number of hydrogen-bond acceptors (Lipinski definition) is 5. The van der Waals surface area contributed by atoms with Gasteiger partial charge in [0.15, 0.2) is 0 Å². The highest BCUT2D eigenvalue weighted by Gasteiger charge is 2.33. The lowest BCUT2D eigenvalue weighted by Gasteiger charge is -2.35. The molecule has 1 aromatic rings. The number of carbonyl (C=O) groups excluding carboxylic acids is 3. The third-order valence-electron chi connectivity index (χ3n) is 5.06. The Morgan fingerprint density at radius 2 is 1.79 bits per heavy atom. The molecule has 0 spiro atoms. The van der Waals surface area contributed by atoms with Crippen LogP contribution in [0.4, 0.5) is 0 Å². The zero-order chi connectivity index (χ0) is 21.1. The van der Waals surface area contributed by atoms with Crippen molar-refractivity contribution in [1.29, 1.82) is 0 Å². The number of methoxy groups -OCH3 is 2. The van der Waals surface area contributed by atoms with Gasteiger partial charge in [0.25, 0.3) is 5.91 Å². The van der Waals surface area contributed by atoms with Gasteiger partial charge >= 0.3 is 0 Å². The summed E-state index contributed by atoms with van der Waals surface area (Å²) in [5.41, 5.74) is 0.511. The molecular formula is C21H31N3O5. The highest BCUT2D eigenvalue weighted by molar-refractivity contribution is 5.97. The second-order valence-corrected chi connectivity index (χ2v) is 7.11. The molecule has 1 heterocycles. The second kappa shape index (κ2) is 12.2. The van der Waals surface area contributed by atoms with Crippen LogP contribution < -0.4 is 10.6 Å². The summed E-state index contributed by atoms with van der Waals surface area (Å²) in [5, 5.41) is 5.79. The number of rotatable bonds is 10. The van der Waals surface area contributed by atoms with E-state index in [9.17, 15) is 14.4 Å². The largest absolute Gasteiger partial charge is 0.385 e. The lowest BCUT2D eigenvalue weighted by Crippen LogP contribution is -2.54. The highest BCUT2D eigenvalue weighted by Crippen LogP contribution is 2.22. The maximum atomic E-state index is 12.8. The molecule has 2 rings (SSSR count). The summed E-state index contributed by atoms with van der Waals surface area (Å²) < 4.78 is 9.92. The maximum Gasteiger partial charge on any atom is 0.251 e. The van der Waals surface area contributed by atoms with Crippen molar-refractivity contribution in [1.82, 2.24) is 15.5 Å². The second-order valence-electron chi connectivity index (χ2n) is 7.11. The van der Waals surface area contributed by atoms with Crippen molar-refractivity contribution in [2.45, 2.75) is 25.3 Å². The van der Waals surface area contributed by atoms with Crippen molar-refractivity contribution in [2.75, 3.05) is 47.1 Å². The fourth-order valence-corrected chi connectivity index (χ4v) is 3.45. The van der Waals surface area contributed by atoms with E-state index in [4.69, 9.17) is 9.47 Å². The Labute approximate surface area is 171 Å². The van der Waals surface area contributed by atoms with E-state index >= 15 is 0 Å². The molecule has 1 atom stereocenters. The van der Waals surface area contributed by atoms with Crippen LogP contribution in [0.15, 0.2) is 30.3 Å². The van der Waals surface area contributed by atoms with E-state index < -0.39 is 6.04 Å². The van der Waals surface area contributed by atoms with Crippen molar-refractivity contribution in [2.24, 2.45) is 5.92 Å². The smallest absolute Gasteiger partial charge is 0.251 e. The summed E-state index contributed by atoms with van der Waals surface area (Å²) in [4.78, 5) is 39.2. The molecular weight excluding hydrogens is 374 g/mol. The zero-order valence-corrected chi connectivity index (χ0v) is 17.2. The van der Waals surface area contributed by atoms with Gasteiger partial charge in [0, 0.05) is 46.0 Å². The number of piperidine rings is 1. The van der Waals surface area contributed by atoms with Crippen molar-refractivity contribution in [3.63, 3.8) is 0 Å². The average molecular weight is 405 g/mol. The first-order valence-electron chi connectivity index (χ1n) is 9.96.